The molecule has 30 heavy (non-hydrogen) atoms. The van der Waals surface area contributed by atoms with Crippen LogP contribution in [0.2, 0.25) is 0 Å². The highest BCUT2D eigenvalue weighted by Crippen LogP contribution is 2.48. The predicted molar refractivity (Wildman–Crippen MR) is 130 cm³/mol. The Bertz CT molecular complexity index is 832. The van der Waals surface area contributed by atoms with Crippen molar-refractivity contribution in [2.75, 3.05) is 27.0 Å². The lowest BCUT2D eigenvalue weighted by molar-refractivity contribution is 0.0495. The van der Waals surface area contributed by atoms with Crippen molar-refractivity contribution in [2.45, 2.75) is 65.1 Å². The van der Waals surface area contributed by atoms with Crippen LogP contribution < -0.4 is 10.0 Å². The minimum Gasteiger partial charge on any atom is -0.467 e. The van der Waals surface area contributed by atoms with Gasteiger partial charge in [-0.05, 0) is 62.6 Å². The van der Waals surface area contributed by atoms with Crippen LogP contribution in [0.1, 0.15) is 61.8 Å². The van der Waals surface area contributed by atoms with Gasteiger partial charge in [0, 0.05) is 24.4 Å². The summed E-state index contributed by atoms with van der Waals surface area (Å²) in [5, 5.41) is 1.52. The molecule has 1 saturated heterocycles. The number of methoxy groups -OCH3 is 1. The molecule has 0 spiro atoms. The summed E-state index contributed by atoms with van der Waals surface area (Å²) in [4.78, 5) is 2.63. The Balaban J connectivity index is 1.93. The van der Waals surface area contributed by atoms with E-state index in [0.29, 0.717) is 8.58 Å². The van der Waals surface area contributed by atoms with Crippen molar-refractivity contribution in [3.63, 3.8) is 0 Å². The first-order chi connectivity index (χ1) is 14.5. The van der Waals surface area contributed by atoms with E-state index in [4.69, 9.17) is 9.47 Å². The molecule has 0 aromatic heterocycles. The first kappa shape index (κ1) is 23.3. The zero-order valence-electron chi connectivity index (χ0n) is 19.4. The quantitative estimate of drug-likeness (QED) is 0.367. The van der Waals surface area contributed by atoms with Crippen LogP contribution >= 0.6 is 8.58 Å². The van der Waals surface area contributed by atoms with Crippen LogP contribution in [0.4, 0.5) is 0 Å². The fraction of sp³-hybridized carbons (Fsp3) is 0.538. The molecule has 2 aromatic rings. The SMILES string of the molecule is CCC(C)(Pc1ccccc1CN1CCCCC1)c1cc(C)cc(C)c1OCOC. The van der Waals surface area contributed by atoms with Gasteiger partial charge >= 0.3 is 0 Å². The largest absolute Gasteiger partial charge is 0.467 e. The Labute approximate surface area is 184 Å². The molecule has 0 radical (unpaired) electrons. The highest BCUT2D eigenvalue weighted by Gasteiger charge is 2.30. The van der Waals surface area contributed by atoms with Crippen LogP contribution in [-0.2, 0) is 16.4 Å². The number of hydrogen-bond acceptors (Lipinski definition) is 3. The van der Waals surface area contributed by atoms with E-state index >= 15 is 0 Å². The monoisotopic (exact) mass is 427 g/mol. The van der Waals surface area contributed by atoms with Crippen LogP contribution in [0.3, 0.4) is 0 Å². The van der Waals surface area contributed by atoms with Gasteiger partial charge in [0.2, 0.25) is 0 Å². The predicted octanol–water partition coefficient (Wildman–Crippen LogP) is 5.90. The molecule has 2 unspecified atom stereocenters. The van der Waals surface area contributed by atoms with E-state index in [1.165, 1.54) is 59.9 Å². The van der Waals surface area contributed by atoms with Gasteiger partial charge in [0.15, 0.2) is 6.79 Å². The fourth-order valence-corrected chi connectivity index (χ4v) is 6.05. The van der Waals surface area contributed by atoms with E-state index in [9.17, 15) is 0 Å². The minimum absolute atomic E-state index is 0.0257. The average Bonchev–Trinajstić information content (AvgIpc) is 2.75. The number of nitrogens with zero attached hydrogens (tertiary/aromatic N) is 1. The van der Waals surface area contributed by atoms with Crippen molar-refractivity contribution in [3.05, 3.63) is 58.7 Å². The Morgan fingerprint density at radius 2 is 1.80 bits per heavy atom. The topological polar surface area (TPSA) is 21.7 Å². The summed E-state index contributed by atoms with van der Waals surface area (Å²) in [7, 11) is 2.37. The second-order valence-electron chi connectivity index (χ2n) is 8.81. The molecule has 0 amide bonds. The number of benzene rings is 2. The smallest absolute Gasteiger partial charge is 0.188 e. The van der Waals surface area contributed by atoms with Gasteiger partial charge in [0.05, 0.1) is 0 Å². The minimum atomic E-state index is 0.0257. The summed E-state index contributed by atoms with van der Waals surface area (Å²) < 4.78 is 11.3. The molecule has 3 nitrogen and oxygen atoms in total. The first-order valence-corrected chi connectivity index (χ1v) is 12.3. The molecule has 164 valence electrons. The molecule has 1 fully saturated rings. The summed E-state index contributed by atoms with van der Waals surface area (Å²) in [6, 6.07) is 13.6. The molecule has 1 heterocycles. The maximum Gasteiger partial charge on any atom is 0.188 e. The highest BCUT2D eigenvalue weighted by molar-refractivity contribution is 7.48. The molecule has 2 aromatic carbocycles. The third-order valence-corrected chi connectivity index (χ3v) is 8.24. The number of piperidine rings is 1. The summed E-state index contributed by atoms with van der Waals surface area (Å²) in [6.07, 6.45) is 5.11. The number of rotatable bonds is 9. The van der Waals surface area contributed by atoms with E-state index < -0.39 is 0 Å². The van der Waals surface area contributed by atoms with Crippen molar-refractivity contribution in [1.29, 1.82) is 0 Å². The number of likely N-dealkylation sites (tertiary alicyclic amines) is 1. The van der Waals surface area contributed by atoms with Crippen LogP contribution in [-0.4, -0.2) is 31.9 Å². The highest BCUT2D eigenvalue weighted by atomic mass is 31.1. The maximum absolute atomic E-state index is 6.08. The maximum atomic E-state index is 6.08. The zero-order valence-corrected chi connectivity index (χ0v) is 20.4. The van der Waals surface area contributed by atoms with E-state index in [1.807, 2.05) is 0 Å². The van der Waals surface area contributed by atoms with E-state index in [2.05, 4.69) is 69.0 Å². The van der Waals surface area contributed by atoms with Gasteiger partial charge in [-0.15, -0.1) is 0 Å². The molecular formula is C26H38NO2P. The van der Waals surface area contributed by atoms with Gasteiger partial charge in [0.1, 0.15) is 5.75 Å². The Morgan fingerprint density at radius 1 is 1.07 bits per heavy atom. The Hall–Kier alpha value is -1.41. The van der Waals surface area contributed by atoms with Gasteiger partial charge in [-0.3, -0.25) is 4.90 Å². The summed E-state index contributed by atoms with van der Waals surface area (Å²) in [6.45, 7) is 12.8. The third-order valence-electron chi connectivity index (χ3n) is 6.31. The van der Waals surface area contributed by atoms with E-state index in [0.717, 1.165) is 18.7 Å². The lowest BCUT2D eigenvalue weighted by Gasteiger charge is -2.33. The first-order valence-electron chi connectivity index (χ1n) is 11.3. The van der Waals surface area contributed by atoms with E-state index in [1.54, 1.807) is 7.11 Å². The standard InChI is InChI=1S/C26H38NO2P/c1-6-26(4,23-17-20(2)16-21(3)25(23)29-19-28-5)30-24-13-9-8-12-22(24)18-27-14-10-7-11-15-27/h8-9,12-13,16-17,30H,6-7,10-11,14-15,18-19H2,1-5H3. The average molecular weight is 428 g/mol. The zero-order chi connectivity index (χ0) is 21.6. The molecule has 1 aliphatic rings. The van der Waals surface area contributed by atoms with E-state index in [-0.39, 0.29) is 11.9 Å². The Kier molecular flexibility index (Phi) is 8.34. The molecule has 0 aliphatic carbocycles. The molecular weight excluding hydrogens is 389 g/mol. The van der Waals surface area contributed by atoms with Crippen LogP contribution in [0, 0.1) is 13.8 Å². The van der Waals surface area contributed by atoms with Gasteiger partial charge in [-0.25, -0.2) is 0 Å². The van der Waals surface area contributed by atoms with Gasteiger partial charge < -0.3 is 9.47 Å². The fourth-order valence-electron chi connectivity index (χ4n) is 4.46. The third kappa shape index (κ3) is 5.63. The number of hydrogen-bond donors (Lipinski definition) is 0. The molecule has 3 rings (SSSR count). The molecule has 0 N–H and O–H groups in total. The van der Waals surface area contributed by atoms with Crippen molar-refractivity contribution >= 4 is 13.9 Å². The second kappa shape index (κ2) is 10.8. The number of ether oxygens (including phenoxy) is 2. The van der Waals surface area contributed by atoms with Gasteiger partial charge in [0.25, 0.3) is 0 Å². The van der Waals surface area contributed by atoms with Gasteiger partial charge in [-0.1, -0.05) is 70.8 Å². The Morgan fingerprint density at radius 3 is 2.50 bits per heavy atom. The number of aryl methyl sites for hydroxylation is 2. The lowest BCUT2D eigenvalue weighted by Crippen LogP contribution is -2.31. The van der Waals surface area contributed by atoms with Crippen molar-refractivity contribution in [2.24, 2.45) is 0 Å². The molecule has 1 aliphatic heterocycles. The van der Waals surface area contributed by atoms with Crippen LogP contribution in [0.15, 0.2) is 36.4 Å². The lowest BCUT2D eigenvalue weighted by atomic mass is 9.92. The molecule has 0 saturated carbocycles. The van der Waals surface area contributed by atoms with Gasteiger partial charge in [-0.2, -0.15) is 0 Å². The summed E-state index contributed by atoms with van der Waals surface area (Å²) in [5.41, 5.74) is 5.28. The molecule has 4 heteroatoms. The van der Waals surface area contributed by atoms with Crippen LogP contribution in [0.5, 0.6) is 5.75 Å². The summed E-state index contributed by atoms with van der Waals surface area (Å²) >= 11 is 0. The molecule has 0 bridgehead atoms. The summed E-state index contributed by atoms with van der Waals surface area (Å²) in [5.74, 6) is 0.993. The van der Waals surface area contributed by atoms with Crippen molar-refractivity contribution in [3.8, 4) is 5.75 Å². The van der Waals surface area contributed by atoms with Crippen LogP contribution in [0.25, 0.3) is 0 Å². The normalized spacial score (nSPS) is 17.4. The second-order valence-corrected chi connectivity index (χ2v) is 10.7. The van der Waals surface area contributed by atoms with Crippen molar-refractivity contribution in [1.82, 2.24) is 4.90 Å². The molecule has 2 atom stereocenters. The van der Waals surface area contributed by atoms with Crippen molar-refractivity contribution < 1.29 is 9.47 Å².